The number of rotatable bonds is 2. The van der Waals surface area contributed by atoms with E-state index in [9.17, 15) is 4.79 Å². The number of nitrogens with one attached hydrogen (secondary N) is 1. The van der Waals surface area contributed by atoms with Crippen molar-refractivity contribution in [1.82, 2.24) is 15.0 Å². The van der Waals surface area contributed by atoms with E-state index in [0.717, 1.165) is 16.5 Å². The highest BCUT2D eigenvalue weighted by atomic mass is 16.4. The van der Waals surface area contributed by atoms with Gasteiger partial charge in [0.15, 0.2) is 5.69 Å². The number of nitrogens with zero attached hydrogens (tertiary/aromatic N) is 2. The van der Waals surface area contributed by atoms with Crippen molar-refractivity contribution in [3.8, 4) is 11.3 Å². The van der Waals surface area contributed by atoms with Gasteiger partial charge < -0.3 is 15.8 Å². The Morgan fingerprint density at radius 3 is 2.84 bits per heavy atom. The van der Waals surface area contributed by atoms with Gasteiger partial charge in [-0.15, -0.1) is 0 Å². The van der Waals surface area contributed by atoms with Gasteiger partial charge in [-0.2, -0.15) is 0 Å². The Labute approximate surface area is 107 Å². The molecule has 0 aliphatic carbocycles. The number of anilines is 1. The van der Waals surface area contributed by atoms with Crippen molar-refractivity contribution in [3.05, 3.63) is 42.2 Å². The van der Waals surface area contributed by atoms with E-state index in [1.54, 1.807) is 6.20 Å². The molecule has 2 aromatic heterocycles. The van der Waals surface area contributed by atoms with E-state index >= 15 is 0 Å². The Balaban J connectivity index is 2.24. The van der Waals surface area contributed by atoms with Crippen molar-refractivity contribution < 1.29 is 9.90 Å². The minimum absolute atomic E-state index is 0.0554. The molecule has 0 atom stereocenters. The number of carbonyl (C=O) groups is 1. The van der Waals surface area contributed by atoms with Gasteiger partial charge in [0.05, 0.1) is 5.69 Å². The van der Waals surface area contributed by atoms with Crippen LogP contribution in [0.5, 0.6) is 0 Å². The largest absolute Gasteiger partial charge is 0.477 e. The molecule has 0 saturated carbocycles. The summed E-state index contributed by atoms with van der Waals surface area (Å²) in [5, 5.41) is 9.95. The van der Waals surface area contributed by atoms with E-state index in [1.807, 2.05) is 24.3 Å². The van der Waals surface area contributed by atoms with Crippen molar-refractivity contribution in [2.45, 2.75) is 0 Å². The molecular weight excluding hydrogens is 244 g/mol. The average Bonchev–Trinajstić information content (AvgIpc) is 2.81. The summed E-state index contributed by atoms with van der Waals surface area (Å²) in [6.45, 7) is 0. The second-order valence-corrected chi connectivity index (χ2v) is 4.05. The lowest BCUT2D eigenvalue weighted by molar-refractivity contribution is 0.0690. The van der Waals surface area contributed by atoms with Gasteiger partial charge in [-0.05, 0) is 12.1 Å². The van der Waals surface area contributed by atoms with Crippen LogP contribution in [0.4, 0.5) is 5.95 Å². The van der Waals surface area contributed by atoms with Crippen LogP contribution in [0.25, 0.3) is 22.2 Å². The number of aromatic carboxylic acids is 1. The molecule has 1 aromatic carbocycles. The Morgan fingerprint density at radius 1 is 1.26 bits per heavy atom. The summed E-state index contributed by atoms with van der Waals surface area (Å²) < 4.78 is 0. The number of fused-ring (bicyclic) bond motifs is 1. The molecule has 0 amide bonds. The zero-order chi connectivity index (χ0) is 13.4. The van der Waals surface area contributed by atoms with Gasteiger partial charge in [-0.3, -0.25) is 0 Å². The summed E-state index contributed by atoms with van der Waals surface area (Å²) in [7, 11) is 0. The minimum Gasteiger partial charge on any atom is -0.477 e. The predicted molar refractivity (Wildman–Crippen MR) is 70.7 cm³/mol. The Morgan fingerprint density at radius 2 is 2.05 bits per heavy atom. The van der Waals surface area contributed by atoms with E-state index in [4.69, 9.17) is 10.8 Å². The van der Waals surface area contributed by atoms with Gasteiger partial charge in [-0.25, -0.2) is 14.8 Å². The first kappa shape index (κ1) is 11.2. The molecule has 6 nitrogen and oxygen atoms in total. The van der Waals surface area contributed by atoms with Crippen LogP contribution in [0.15, 0.2) is 36.5 Å². The third-order valence-electron chi connectivity index (χ3n) is 2.83. The maximum atomic E-state index is 11.0. The van der Waals surface area contributed by atoms with Crippen molar-refractivity contribution in [2.24, 2.45) is 0 Å². The van der Waals surface area contributed by atoms with Gasteiger partial charge in [0.2, 0.25) is 5.95 Å². The van der Waals surface area contributed by atoms with Crippen LogP contribution in [0.1, 0.15) is 10.5 Å². The van der Waals surface area contributed by atoms with E-state index in [0.29, 0.717) is 5.69 Å². The summed E-state index contributed by atoms with van der Waals surface area (Å²) in [4.78, 5) is 21.9. The molecule has 2 heterocycles. The predicted octanol–water partition coefficient (Wildman–Crippen LogP) is 1.91. The number of nitrogen functional groups attached to an aromatic ring is 1. The number of aromatic amines is 1. The lowest BCUT2D eigenvalue weighted by atomic mass is 10.1. The SMILES string of the molecule is Nc1nc(C(=O)O)cc(-c2c[nH]c3ccccc23)n1. The number of para-hydroxylation sites is 1. The van der Waals surface area contributed by atoms with Crippen molar-refractivity contribution in [2.75, 3.05) is 5.73 Å². The van der Waals surface area contributed by atoms with Crippen LogP contribution in [-0.4, -0.2) is 26.0 Å². The number of carboxylic acid groups (broad SMARTS) is 1. The third-order valence-corrected chi connectivity index (χ3v) is 2.83. The lowest BCUT2D eigenvalue weighted by Crippen LogP contribution is -2.05. The first-order valence-electron chi connectivity index (χ1n) is 5.59. The highest BCUT2D eigenvalue weighted by Crippen LogP contribution is 2.27. The molecule has 0 spiro atoms. The first-order chi connectivity index (χ1) is 9.15. The van der Waals surface area contributed by atoms with E-state index in [1.165, 1.54) is 6.07 Å². The van der Waals surface area contributed by atoms with Gasteiger partial charge in [0.25, 0.3) is 0 Å². The van der Waals surface area contributed by atoms with Crippen LogP contribution in [-0.2, 0) is 0 Å². The van der Waals surface area contributed by atoms with Gasteiger partial charge in [0, 0.05) is 22.7 Å². The maximum absolute atomic E-state index is 11.0. The molecule has 4 N–H and O–H groups in total. The van der Waals surface area contributed by atoms with Crippen LogP contribution in [0, 0.1) is 0 Å². The normalized spacial score (nSPS) is 10.7. The summed E-state index contributed by atoms with van der Waals surface area (Å²) in [6.07, 6.45) is 1.78. The van der Waals surface area contributed by atoms with Crippen LogP contribution in [0.3, 0.4) is 0 Å². The molecule has 6 heteroatoms. The molecule has 0 unspecified atom stereocenters. The van der Waals surface area contributed by atoms with E-state index < -0.39 is 5.97 Å². The zero-order valence-electron chi connectivity index (χ0n) is 9.79. The van der Waals surface area contributed by atoms with Crippen molar-refractivity contribution in [3.63, 3.8) is 0 Å². The van der Waals surface area contributed by atoms with Gasteiger partial charge >= 0.3 is 5.97 Å². The van der Waals surface area contributed by atoms with E-state index in [2.05, 4.69) is 15.0 Å². The molecule has 0 saturated heterocycles. The maximum Gasteiger partial charge on any atom is 0.354 e. The fourth-order valence-corrected chi connectivity index (χ4v) is 2.00. The first-order valence-corrected chi connectivity index (χ1v) is 5.59. The molecule has 0 fully saturated rings. The fraction of sp³-hybridized carbons (Fsp3) is 0. The number of carboxylic acids is 1. The molecule has 3 rings (SSSR count). The molecule has 3 aromatic rings. The van der Waals surface area contributed by atoms with Crippen molar-refractivity contribution >= 4 is 22.8 Å². The average molecular weight is 254 g/mol. The lowest BCUT2D eigenvalue weighted by Gasteiger charge is -2.02. The molecular formula is C13H10N4O2. The quantitative estimate of drug-likeness (QED) is 0.647. The van der Waals surface area contributed by atoms with Gasteiger partial charge in [0.1, 0.15) is 0 Å². The standard InChI is InChI=1S/C13H10N4O2/c14-13-16-10(5-11(17-13)12(18)19)8-6-15-9-4-2-1-3-7(8)9/h1-6,15H,(H,18,19)(H2,14,16,17). The van der Waals surface area contributed by atoms with Crippen LogP contribution >= 0.6 is 0 Å². The summed E-state index contributed by atoms with van der Waals surface area (Å²) in [5.41, 5.74) is 7.67. The summed E-state index contributed by atoms with van der Waals surface area (Å²) >= 11 is 0. The molecule has 19 heavy (non-hydrogen) atoms. The Bertz CT molecular complexity index is 779. The number of H-pyrrole nitrogens is 1. The van der Waals surface area contributed by atoms with Crippen LogP contribution in [0.2, 0.25) is 0 Å². The molecule has 0 radical (unpaired) electrons. The minimum atomic E-state index is -1.13. The van der Waals surface area contributed by atoms with E-state index in [-0.39, 0.29) is 11.6 Å². The Kier molecular flexibility index (Phi) is 2.42. The van der Waals surface area contributed by atoms with Crippen molar-refractivity contribution in [1.29, 1.82) is 0 Å². The number of aromatic nitrogens is 3. The van der Waals surface area contributed by atoms with Crippen LogP contribution < -0.4 is 5.73 Å². The second-order valence-electron chi connectivity index (χ2n) is 4.05. The topological polar surface area (TPSA) is 105 Å². The number of nitrogens with two attached hydrogens (primary N) is 1. The summed E-state index contributed by atoms with van der Waals surface area (Å²) in [6, 6.07) is 9.09. The zero-order valence-corrected chi connectivity index (χ0v) is 9.79. The molecule has 94 valence electrons. The summed E-state index contributed by atoms with van der Waals surface area (Å²) in [5.74, 6) is -1.18. The second kappa shape index (κ2) is 4.09. The molecule has 0 aliphatic rings. The highest BCUT2D eigenvalue weighted by Gasteiger charge is 2.13. The monoisotopic (exact) mass is 254 g/mol. The number of benzene rings is 1. The number of hydrogen-bond donors (Lipinski definition) is 3. The smallest absolute Gasteiger partial charge is 0.354 e. The third kappa shape index (κ3) is 1.89. The van der Waals surface area contributed by atoms with Gasteiger partial charge in [-0.1, -0.05) is 18.2 Å². The number of hydrogen-bond acceptors (Lipinski definition) is 4. The Hall–Kier alpha value is -2.89. The molecule has 0 aliphatic heterocycles. The highest BCUT2D eigenvalue weighted by molar-refractivity contribution is 5.96. The fourth-order valence-electron chi connectivity index (χ4n) is 2.00. The molecule has 0 bridgehead atoms.